The van der Waals surface area contributed by atoms with Gasteiger partial charge in [-0.1, -0.05) is 25.7 Å². The number of aromatic nitrogens is 1. The summed E-state index contributed by atoms with van der Waals surface area (Å²) in [6, 6.07) is 0. The fourth-order valence-electron chi connectivity index (χ4n) is 3.05. The largest absolute Gasteiger partial charge is 0.315 e. The molecular weight excluding hydrogens is 240 g/mol. The van der Waals surface area contributed by atoms with Gasteiger partial charge in [0.15, 0.2) is 0 Å². The Hall–Kier alpha value is -0.410. The molecule has 0 atom stereocenters. The quantitative estimate of drug-likeness (QED) is 0.825. The third-order valence-corrected chi connectivity index (χ3v) is 5.48. The van der Waals surface area contributed by atoms with E-state index in [4.69, 9.17) is 4.98 Å². The van der Waals surface area contributed by atoms with Crippen LogP contribution < -0.4 is 5.32 Å². The minimum Gasteiger partial charge on any atom is -0.315 e. The molecule has 0 bridgehead atoms. The molecule has 0 spiro atoms. The van der Waals surface area contributed by atoms with E-state index in [-0.39, 0.29) is 0 Å². The summed E-state index contributed by atoms with van der Waals surface area (Å²) in [5.74, 6) is 1.56. The van der Waals surface area contributed by atoms with Crippen LogP contribution in [0.3, 0.4) is 0 Å². The van der Waals surface area contributed by atoms with E-state index in [2.05, 4.69) is 5.32 Å². The van der Waals surface area contributed by atoms with Crippen molar-refractivity contribution in [3.05, 3.63) is 15.6 Å². The third-order valence-electron chi connectivity index (χ3n) is 4.25. The lowest BCUT2D eigenvalue weighted by atomic mass is 10.0. The number of hydrogen-bond donors (Lipinski definition) is 1. The third kappa shape index (κ3) is 2.77. The molecule has 0 saturated heterocycles. The van der Waals surface area contributed by atoms with Gasteiger partial charge in [-0.25, -0.2) is 4.98 Å². The van der Waals surface area contributed by atoms with Crippen LogP contribution in [0.25, 0.3) is 0 Å². The average molecular weight is 264 g/mol. The van der Waals surface area contributed by atoms with Gasteiger partial charge in [-0.3, -0.25) is 0 Å². The molecule has 2 aliphatic rings. The van der Waals surface area contributed by atoms with E-state index in [1.807, 2.05) is 18.4 Å². The molecule has 1 N–H and O–H groups in total. The zero-order chi connectivity index (χ0) is 12.4. The Bertz CT molecular complexity index is 387. The van der Waals surface area contributed by atoms with Crippen LogP contribution >= 0.6 is 11.3 Å². The van der Waals surface area contributed by atoms with Crippen LogP contribution in [0.5, 0.6) is 0 Å². The summed E-state index contributed by atoms with van der Waals surface area (Å²) in [7, 11) is 2.04. The molecule has 3 heteroatoms. The predicted molar refractivity (Wildman–Crippen MR) is 77.3 cm³/mol. The summed E-state index contributed by atoms with van der Waals surface area (Å²) in [4.78, 5) is 6.55. The molecule has 0 radical (unpaired) electrons. The topological polar surface area (TPSA) is 24.9 Å². The van der Waals surface area contributed by atoms with Gasteiger partial charge in [-0.2, -0.15) is 0 Å². The molecule has 1 heterocycles. The lowest BCUT2D eigenvalue weighted by molar-refractivity contribution is 0.587. The first-order chi connectivity index (χ1) is 8.88. The van der Waals surface area contributed by atoms with Crippen molar-refractivity contribution in [3.63, 3.8) is 0 Å². The van der Waals surface area contributed by atoms with Crippen LogP contribution in [0.4, 0.5) is 0 Å². The predicted octanol–water partition coefficient (Wildman–Crippen LogP) is 4.18. The van der Waals surface area contributed by atoms with Gasteiger partial charge in [-0.05, 0) is 32.7 Å². The molecule has 2 fully saturated rings. The van der Waals surface area contributed by atoms with Crippen LogP contribution in [0.15, 0.2) is 0 Å². The van der Waals surface area contributed by atoms with Gasteiger partial charge < -0.3 is 5.32 Å². The van der Waals surface area contributed by atoms with Gasteiger partial charge >= 0.3 is 0 Å². The Balaban J connectivity index is 1.79. The minimum atomic E-state index is 0.764. The number of rotatable bonds is 4. The van der Waals surface area contributed by atoms with E-state index in [0.717, 1.165) is 18.4 Å². The van der Waals surface area contributed by atoms with Crippen LogP contribution in [0.1, 0.15) is 78.8 Å². The number of hydrogen-bond acceptors (Lipinski definition) is 3. The first kappa shape index (κ1) is 12.6. The van der Waals surface area contributed by atoms with Gasteiger partial charge in [0.1, 0.15) is 0 Å². The number of thiazole rings is 1. The smallest absolute Gasteiger partial charge is 0.0962 e. The van der Waals surface area contributed by atoms with Crippen LogP contribution in [-0.2, 0) is 6.54 Å². The highest BCUT2D eigenvalue weighted by molar-refractivity contribution is 7.11. The molecule has 1 aromatic heterocycles. The van der Waals surface area contributed by atoms with Gasteiger partial charge in [0.05, 0.1) is 10.7 Å². The maximum atomic E-state index is 5.03. The van der Waals surface area contributed by atoms with Crippen molar-refractivity contribution in [1.29, 1.82) is 0 Å². The Labute approximate surface area is 114 Å². The Morgan fingerprint density at radius 3 is 2.39 bits per heavy atom. The Morgan fingerprint density at radius 2 is 1.78 bits per heavy atom. The highest BCUT2D eigenvalue weighted by Crippen LogP contribution is 2.44. The van der Waals surface area contributed by atoms with E-state index in [0.29, 0.717) is 0 Å². The van der Waals surface area contributed by atoms with Crippen molar-refractivity contribution in [3.8, 4) is 0 Å². The molecule has 0 amide bonds. The zero-order valence-corrected chi connectivity index (χ0v) is 12.2. The lowest BCUT2D eigenvalue weighted by Crippen LogP contribution is -2.05. The van der Waals surface area contributed by atoms with Crippen molar-refractivity contribution in [2.75, 3.05) is 7.05 Å². The summed E-state index contributed by atoms with van der Waals surface area (Å²) < 4.78 is 0. The summed E-state index contributed by atoms with van der Waals surface area (Å²) in [5.41, 5.74) is 1.44. The highest BCUT2D eigenvalue weighted by Gasteiger charge is 2.30. The first-order valence-electron chi connectivity index (χ1n) is 7.52. The van der Waals surface area contributed by atoms with Crippen molar-refractivity contribution in [2.45, 2.75) is 69.7 Å². The standard InChI is InChI=1S/C15H24N2S/c1-16-10-13-14(11-8-9-11)17-15(18-13)12-6-4-2-3-5-7-12/h11-12,16H,2-10H2,1H3. The molecule has 2 aliphatic carbocycles. The van der Waals surface area contributed by atoms with Gasteiger partial charge in [0, 0.05) is 23.3 Å². The second-order valence-corrected chi connectivity index (χ2v) is 6.97. The summed E-state index contributed by atoms with van der Waals surface area (Å²) in [5, 5.41) is 4.75. The molecular formula is C15H24N2S. The Kier molecular flexibility index (Phi) is 4.00. The fourth-order valence-corrected chi connectivity index (χ4v) is 4.38. The van der Waals surface area contributed by atoms with Crippen LogP contribution in [0.2, 0.25) is 0 Å². The van der Waals surface area contributed by atoms with E-state index >= 15 is 0 Å². The number of nitrogens with zero attached hydrogens (tertiary/aromatic N) is 1. The summed E-state index contributed by atoms with van der Waals surface area (Å²) >= 11 is 1.99. The summed E-state index contributed by atoms with van der Waals surface area (Å²) in [6.45, 7) is 1.01. The highest BCUT2D eigenvalue weighted by atomic mass is 32.1. The molecule has 18 heavy (non-hydrogen) atoms. The van der Waals surface area contributed by atoms with E-state index in [9.17, 15) is 0 Å². The second-order valence-electron chi connectivity index (χ2n) is 5.85. The van der Waals surface area contributed by atoms with Gasteiger partial charge in [0.25, 0.3) is 0 Å². The molecule has 2 saturated carbocycles. The average Bonchev–Trinajstić information content (AvgIpc) is 3.17. The first-order valence-corrected chi connectivity index (χ1v) is 8.34. The SMILES string of the molecule is CNCc1sc(C2CCCCCC2)nc1C1CC1. The van der Waals surface area contributed by atoms with Gasteiger partial charge in [0.2, 0.25) is 0 Å². The lowest BCUT2D eigenvalue weighted by Gasteiger charge is -2.09. The monoisotopic (exact) mass is 264 g/mol. The minimum absolute atomic E-state index is 0.764. The van der Waals surface area contributed by atoms with Crippen molar-refractivity contribution in [1.82, 2.24) is 10.3 Å². The molecule has 0 aromatic carbocycles. The normalized spacial score (nSPS) is 22.1. The second kappa shape index (κ2) is 5.70. The zero-order valence-electron chi connectivity index (χ0n) is 11.4. The van der Waals surface area contributed by atoms with Crippen molar-refractivity contribution >= 4 is 11.3 Å². The maximum Gasteiger partial charge on any atom is 0.0962 e. The van der Waals surface area contributed by atoms with Gasteiger partial charge in [-0.15, -0.1) is 11.3 Å². The molecule has 100 valence electrons. The van der Waals surface area contributed by atoms with E-state index < -0.39 is 0 Å². The molecule has 3 rings (SSSR count). The molecule has 2 nitrogen and oxygen atoms in total. The van der Waals surface area contributed by atoms with Crippen molar-refractivity contribution < 1.29 is 0 Å². The molecule has 1 aromatic rings. The summed E-state index contributed by atoms with van der Waals surface area (Å²) in [6.07, 6.45) is 11.2. The van der Waals surface area contributed by atoms with Crippen LogP contribution in [-0.4, -0.2) is 12.0 Å². The van der Waals surface area contributed by atoms with E-state index in [1.165, 1.54) is 66.9 Å². The molecule has 0 aliphatic heterocycles. The number of nitrogens with one attached hydrogen (secondary N) is 1. The molecule has 0 unspecified atom stereocenters. The van der Waals surface area contributed by atoms with Crippen molar-refractivity contribution in [2.24, 2.45) is 0 Å². The Morgan fingerprint density at radius 1 is 1.06 bits per heavy atom. The van der Waals surface area contributed by atoms with E-state index in [1.54, 1.807) is 0 Å². The van der Waals surface area contributed by atoms with Crippen LogP contribution in [0, 0.1) is 0 Å². The fraction of sp³-hybridized carbons (Fsp3) is 0.800. The maximum absolute atomic E-state index is 5.03.